The van der Waals surface area contributed by atoms with Crippen LogP contribution in [-0.4, -0.2) is 43.9 Å². The molecule has 2 aromatic rings. The number of carbonyl (C=O) groups is 1. The summed E-state index contributed by atoms with van der Waals surface area (Å²) < 4.78 is 34.0. The van der Waals surface area contributed by atoms with Crippen molar-refractivity contribution in [1.82, 2.24) is 4.68 Å². The van der Waals surface area contributed by atoms with Crippen molar-refractivity contribution in [2.75, 3.05) is 32.4 Å². The lowest BCUT2D eigenvalue weighted by Crippen LogP contribution is -2.50. The number of hydrogen-bond donors (Lipinski definition) is 0. The van der Waals surface area contributed by atoms with Crippen LogP contribution in [0.5, 0.6) is 11.5 Å². The number of benzene rings is 1. The van der Waals surface area contributed by atoms with Crippen LogP contribution < -0.4 is 19.9 Å². The van der Waals surface area contributed by atoms with Gasteiger partial charge in [0.25, 0.3) is 0 Å². The van der Waals surface area contributed by atoms with Gasteiger partial charge in [-0.25, -0.2) is 4.39 Å². The van der Waals surface area contributed by atoms with E-state index in [1.165, 1.54) is 13.2 Å². The maximum absolute atomic E-state index is 15.9. The normalized spacial score (nSPS) is 18.2. The molecule has 0 unspecified atom stereocenters. The van der Waals surface area contributed by atoms with E-state index in [2.05, 4.69) is 18.9 Å². The minimum absolute atomic E-state index is 0.0687. The Balaban J connectivity index is 1.93. The fourth-order valence-corrected chi connectivity index (χ4v) is 4.69. The van der Waals surface area contributed by atoms with Gasteiger partial charge in [0.15, 0.2) is 29.0 Å². The van der Waals surface area contributed by atoms with E-state index in [-0.39, 0.29) is 28.6 Å². The lowest BCUT2D eigenvalue weighted by Gasteiger charge is -2.44. The molecule has 1 aromatic heterocycles. The predicted molar refractivity (Wildman–Crippen MR) is 114 cm³/mol. The van der Waals surface area contributed by atoms with E-state index in [0.717, 1.165) is 12.8 Å². The Labute approximate surface area is 180 Å². The third-order valence-electron chi connectivity index (χ3n) is 6.16. The minimum Gasteiger partial charge on any atom is -0.493 e. The molecule has 1 atom stereocenters. The fraction of sp³-hybridized carbons (Fsp3) is 0.478. The zero-order valence-corrected chi connectivity index (χ0v) is 18.2. The number of methoxy groups -OCH3 is 2. The molecule has 0 radical (unpaired) electrons. The lowest BCUT2D eigenvalue weighted by molar-refractivity contribution is 0.112. The van der Waals surface area contributed by atoms with Gasteiger partial charge in [-0.05, 0) is 32.8 Å². The van der Waals surface area contributed by atoms with Crippen molar-refractivity contribution in [3.05, 3.63) is 45.5 Å². The minimum atomic E-state index is -0.474. The molecule has 0 saturated carbocycles. The van der Waals surface area contributed by atoms with Crippen molar-refractivity contribution >= 4 is 6.29 Å². The van der Waals surface area contributed by atoms with Crippen molar-refractivity contribution in [2.24, 2.45) is 0 Å². The Morgan fingerprint density at radius 1 is 1.26 bits per heavy atom. The highest BCUT2D eigenvalue weighted by Crippen LogP contribution is 2.51. The maximum Gasteiger partial charge on any atom is 0.197 e. The van der Waals surface area contributed by atoms with Gasteiger partial charge in [-0.2, -0.15) is 0 Å². The second kappa shape index (κ2) is 8.00. The largest absolute Gasteiger partial charge is 0.493 e. The van der Waals surface area contributed by atoms with Gasteiger partial charge in [0.1, 0.15) is 0 Å². The zero-order valence-electron chi connectivity index (χ0n) is 18.2. The first kappa shape index (κ1) is 21.4. The number of pyridine rings is 1. The van der Waals surface area contributed by atoms with Crippen molar-refractivity contribution < 1.29 is 23.4 Å². The van der Waals surface area contributed by atoms with Gasteiger partial charge in [-0.1, -0.05) is 0 Å². The molecule has 3 heterocycles. The molecule has 7 nitrogen and oxygen atoms in total. The Morgan fingerprint density at radius 3 is 2.71 bits per heavy atom. The molecule has 31 heavy (non-hydrogen) atoms. The second-order valence-corrected chi connectivity index (χ2v) is 8.53. The number of fused-ring (bicyclic) bond motifs is 6. The van der Waals surface area contributed by atoms with E-state index in [1.54, 1.807) is 19.4 Å². The summed E-state index contributed by atoms with van der Waals surface area (Å²) in [6.45, 7) is 4.95. The summed E-state index contributed by atoms with van der Waals surface area (Å²) in [5.74, 6) is -0.141. The van der Waals surface area contributed by atoms with Crippen LogP contribution in [0.25, 0.3) is 11.3 Å². The zero-order chi connectivity index (χ0) is 22.3. The molecule has 0 bridgehead atoms. The number of rotatable bonds is 7. The molecule has 4 rings (SSSR count). The van der Waals surface area contributed by atoms with Crippen molar-refractivity contribution in [1.29, 1.82) is 0 Å². The van der Waals surface area contributed by atoms with Crippen LogP contribution in [0.15, 0.2) is 23.1 Å². The van der Waals surface area contributed by atoms with Crippen LogP contribution in [0.2, 0.25) is 0 Å². The Kier molecular flexibility index (Phi) is 5.51. The van der Waals surface area contributed by atoms with E-state index >= 15 is 4.39 Å². The van der Waals surface area contributed by atoms with Crippen LogP contribution >= 0.6 is 0 Å². The number of ether oxygens (including phenoxy) is 3. The molecule has 2 aliphatic heterocycles. The van der Waals surface area contributed by atoms with Gasteiger partial charge in [0.2, 0.25) is 0 Å². The molecular weight excluding hydrogens is 403 g/mol. The first-order chi connectivity index (χ1) is 14.8. The van der Waals surface area contributed by atoms with Crippen LogP contribution in [0.3, 0.4) is 0 Å². The standard InChI is InChI=1S/C23H27FN2O5/c1-23(2)7-6-16-20-15(17-11-18(28)14(13-27)12-25(17)26(16)23)10-19(30-4)22(21(20)24)31-9-5-8-29-3/h10-13,16H,5-9H2,1-4H3/t16-/m1/s1. The van der Waals surface area contributed by atoms with Crippen molar-refractivity contribution in [3.8, 4) is 22.8 Å². The number of aromatic nitrogens is 1. The van der Waals surface area contributed by atoms with Crippen LogP contribution in [-0.2, 0) is 4.74 Å². The quantitative estimate of drug-likeness (QED) is 0.495. The fourth-order valence-electron chi connectivity index (χ4n) is 4.69. The van der Waals surface area contributed by atoms with Gasteiger partial charge < -0.3 is 14.2 Å². The molecule has 2 aliphatic rings. The van der Waals surface area contributed by atoms with Gasteiger partial charge >= 0.3 is 0 Å². The predicted octanol–water partition coefficient (Wildman–Crippen LogP) is 3.46. The summed E-state index contributed by atoms with van der Waals surface area (Å²) in [5.41, 5.74) is 0.970. The third kappa shape index (κ3) is 3.39. The highest BCUT2D eigenvalue weighted by Gasteiger charge is 2.46. The van der Waals surface area contributed by atoms with Gasteiger partial charge in [0.05, 0.1) is 36.6 Å². The summed E-state index contributed by atoms with van der Waals surface area (Å²) in [6.07, 6.45) is 4.28. The Hall–Kier alpha value is -2.87. The average molecular weight is 430 g/mol. The topological polar surface area (TPSA) is 70.0 Å². The Morgan fingerprint density at radius 2 is 2.03 bits per heavy atom. The molecule has 0 spiro atoms. The summed E-state index contributed by atoms with van der Waals surface area (Å²) in [7, 11) is 3.06. The second-order valence-electron chi connectivity index (χ2n) is 8.53. The summed E-state index contributed by atoms with van der Waals surface area (Å²) in [5, 5.41) is 2.06. The third-order valence-corrected chi connectivity index (χ3v) is 6.16. The maximum atomic E-state index is 15.9. The average Bonchev–Trinajstić information content (AvgIpc) is 3.06. The molecule has 1 aromatic carbocycles. The van der Waals surface area contributed by atoms with Crippen LogP contribution in [0.4, 0.5) is 4.39 Å². The van der Waals surface area contributed by atoms with Crippen molar-refractivity contribution in [2.45, 2.75) is 44.7 Å². The molecule has 0 N–H and O–H groups in total. The van der Waals surface area contributed by atoms with Gasteiger partial charge in [-0.3, -0.25) is 19.3 Å². The molecule has 1 saturated heterocycles. The molecular formula is C23H27FN2O5. The first-order valence-corrected chi connectivity index (χ1v) is 10.4. The summed E-state index contributed by atoms with van der Waals surface area (Å²) in [4.78, 5) is 23.9. The molecule has 1 fully saturated rings. The monoisotopic (exact) mass is 430 g/mol. The van der Waals surface area contributed by atoms with E-state index in [1.807, 2.05) is 4.68 Å². The molecule has 0 aliphatic carbocycles. The molecule has 8 heteroatoms. The van der Waals surface area contributed by atoms with Gasteiger partial charge in [-0.15, -0.1) is 0 Å². The SMILES string of the molecule is COCCCOc1c(OC)cc2c(c1F)[C@H]1CCC(C)(C)N1n1cc(C=O)c(=O)cc1-2. The molecule has 166 valence electrons. The highest BCUT2D eigenvalue weighted by atomic mass is 19.1. The number of carbonyl (C=O) groups excluding carboxylic acids is 1. The molecule has 0 amide bonds. The number of aldehydes is 1. The first-order valence-electron chi connectivity index (χ1n) is 10.4. The van der Waals surface area contributed by atoms with Crippen molar-refractivity contribution in [3.63, 3.8) is 0 Å². The Bertz CT molecular complexity index is 1080. The number of nitrogens with zero attached hydrogens (tertiary/aromatic N) is 2. The van der Waals surface area contributed by atoms with E-state index in [9.17, 15) is 9.59 Å². The highest BCUT2D eigenvalue weighted by molar-refractivity contribution is 5.78. The lowest BCUT2D eigenvalue weighted by atomic mass is 9.92. The number of hydrogen-bond acceptors (Lipinski definition) is 6. The van der Waals surface area contributed by atoms with E-state index in [4.69, 9.17) is 14.2 Å². The van der Waals surface area contributed by atoms with Crippen LogP contribution in [0, 0.1) is 5.82 Å². The summed E-state index contributed by atoms with van der Waals surface area (Å²) >= 11 is 0. The van der Waals surface area contributed by atoms with E-state index < -0.39 is 11.2 Å². The summed E-state index contributed by atoms with van der Waals surface area (Å²) in [6, 6.07) is 2.86. The smallest absolute Gasteiger partial charge is 0.197 e. The number of halogens is 1. The van der Waals surface area contributed by atoms with E-state index in [0.29, 0.717) is 42.7 Å². The van der Waals surface area contributed by atoms with Gasteiger partial charge in [0, 0.05) is 43.5 Å². The van der Waals surface area contributed by atoms with Crippen LogP contribution in [0.1, 0.15) is 55.1 Å².